The summed E-state index contributed by atoms with van der Waals surface area (Å²) in [5.41, 5.74) is 0.155. The number of hydrogen-bond acceptors (Lipinski definition) is 1. The fourth-order valence-corrected chi connectivity index (χ4v) is 6.14. The minimum atomic E-state index is -1.46. The summed E-state index contributed by atoms with van der Waals surface area (Å²) in [6.07, 6.45) is 4.75. The van der Waals surface area contributed by atoms with Gasteiger partial charge in [0.1, 0.15) is 0 Å². The van der Waals surface area contributed by atoms with E-state index < -0.39 is 8.32 Å². The molecule has 0 aromatic carbocycles. The molecule has 1 nitrogen and oxygen atoms in total. The Morgan fingerprint density at radius 2 is 1.41 bits per heavy atom. The molecule has 0 aromatic heterocycles. The van der Waals surface area contributed by atoms with Crippen molar-refractivity contribution >= 4 is 24.2 Å². The number of halogens is 1. The molecule has 0 unspecified atom stereocenters. The molecule has 0 heterocycles. The first-order valence-electron chi connectivity index (χ1n) is 7.33. The lowest BCUT2D eigenvalue weighted by Gasteiger charge is -2.42. The molecule has 104 valence electrons. The standard InChI is InChI=1S/C14H31BrOSi/c1-6-14(7-2,12-11-13-15)16-17(8-3,9-4)10-5/h6-13H2,1-5H3. The van der Waals surface area contributed by atoms with E-state index in [-0.39, 0.29) is 5.60 Å². The molecule has 0 rings (SSSR count). The van der Waals surface area contributed by atoms with Gasteiger partial charge in [-0.2, -0.15) is 0 Å². The summed E-state index contributed by atoms with van der Waals surface area (Å²) in [6, 6.07) is 3.78. The van der Waals surface area contributed by atoms with Crippen LogP contribution in [0, 0.1) is 0 Å². The van der Waals surface area contributed by atoms with Crippen LogP contribution in [-0.4, -0.2) is 19.2 Å². The van der Waals surface area contributed by atoms with Crippen molar-refractivity contribution < 1.29 is 4.43 Å². The maximum Gasteiger partial charge on any atom is 0.192 e. The van der Waals surface area contributed by atoms with E-state index in [1.165, 1.54) is 31.0 Å². The first-order valence-corrected chi connectivity index (χ1v) is 11.0. The Morgan fingerprint density at radius 3 is 1.71 bits per heavy atom. The first kappa shape index (κ1) is 17.7. The highest BCUT2D eigenvalue weighted by Crippen LogP contribution is 2.35. The molecule has 0 saturated carbocycles. The lowest BCUT2D eigenvalue weighted by molar-refractivity contribution is 0.0384. The fourth-order valence-electron chi connectivity index (χ4n) is 2.61. The molecule has 0 aliphatic heterocycles. The molecule has 0 spiro atoms. The van der Waals surface area contributed by atoms with Gasteiger partial charge in [-0.15, -0.1) is 0 Å². The summed E-state index contributed by atoms with van der Waals surface area (Å²) in [7, 11) is -1.46. The van der Waals surface area contributed by atoms with Crippen LogP contribution in [0.25, 0.3) is 0 Å². The summed E-state index contributed by atoms with van der Waals surface area (Å²) in [6.45, 7) is 11.5. The topological polar surface area (TPSA) is 9.23 Å². The Kier molecular flexibility index (Phi) is 9.04. The van der Waals surface area contributed by atoms with Crippen LogP contribution >= 0.6 is 15.9 Å². The lowest BCUT2D eigenvalue weighted by atomic mass is 9.92. The van der Waals surface area contributed by atoms with Gasteiger partial charge < -0.3 is 4.43 Å². The molecule has 0 fully saturated rings. The van der Waals surface area contributed by atoms with E-state index in [0.29, 0.717) is 0 Å². The average Bonchev–Trinajstić information content (AvgIpc) is 2.41. The molecule has 0 bridgehead atoms. The van der Waals surface area contributed by atoms with Crippen molar-refractivity contribution in [1.82, 2.24) is 0 Å². The smallest absolute Gasteiger partial charge is 0.192 e. The van der Waals surface area contributed by atoms with Crippen LogP contribution in [0.1, 0.15) is 60.3 Å². The molecule has 0 saturated heterocycles. The van der Waals surface area contributed by atoms with Crippen molar-refractivity contribution in [3.8, 4) is 0 Å². The van der Waals surface area contributed by atoms with E-state index in [1.807, 2.05) is 0 Å². The molecule has 17 heavy (non-hydrogen) atoms. The summed E-state index contributed by atoms with van der Waals surface area (Å²) in [5, 5.41) is 1.09. The zero-order chi connectivity index (χ0) is 13.4. The summed E-state index contributed by atoms with van der Waals surface area (Å²) in [4.78, 5) is 0. The van der Waals surface area contributed by atoms with Gasteiger partial charge >= 0.3 is 0 Å². The van der Waals surface area contributed by atoms with Gasteiger partial charge in [-0.25, -0.2) is 0 Å². The second kappa shape index (κ2) is 8.71. The number of alkyl halides is 1. The highest BCUT2D eigenvalue weighted by atomic mass is 79.9. The normalized spacial score (nSPS) is 13.1. The third-order valence-corrected chi connectivity index (χ3v) is 9.71. The highest BCUT2D eigenvalue weighted by molar-refractivity contribution is 9.09. The van der Waals surface area contributed by atoms with Crippen molar-refractivity contribution in [3.63, 3.8) is 0 Å². The molecule has 0 atom stereocenters. The van der Waals surface area contributed by atoms with Crippen LogP contribution in [0.3, 0.4) is 0 Å². The minimum absolute atomic E-state index is 0.155. The minimum Gasteiger partial charge on any atom is -0.411 e. The van der Waals surface area contributed by atoms with Gasteiger partial charge in [0.05, 0.1) is 5.60 Å². The van der Waals surface area contributed by atoms with E-state index in [1.54, 1.807) is 0 Å². The molecule has 0 N–H and O–H groups in total. The van der Waals surface area contributed by atoms with Crippen LogP contribution in [0.15, 0.2) is 0 Å². The molecule has 0 aromatic rings. The average molecular weight is 323 g/mol. The van der Waals surface area contributed by atoms with E-state index in [9.17, 15) is 0 Å². The van der Waals surface area contributed by atoms with Crippen LogP contribution < -0.4 is 0 Å². The SMILES string of the molecule is CCC(CC)(CCCBr)O[Si](CC)(CC)CC. The first-order chi connectivity index (χ1) is 8.07. The summed E-state index contributed by atoms with van der Waals surface area (Å²) in [5.74, 6) is 0. The van der Waals surface area contributed by atoms with E-state index in [2.05, 4.69) is 50.5 Å². The second-order valence-corrected chi connectivity index (χ2v) is 10.5. The van der Waals surface area contributed by atoms with E-state index in [4.69, 9.17) is 4.43 Å². The Hall–Kier alpha value is 0.657. The molecule has 0 amide bonds. The van der Waals surface area contributed by atoms with Crippen molar-refractivity contribution in [2.75, 3.05) is 5.33 Å². The van der Waals surface area contributed by atoms with Crippen molar-refractivity contribution in [1.29, 1.82) is 0 Å². The van der Waals surface area contributed by atoms with Crippen LogP contribution in [0.2, 0.25) is 18.1 Å². The van der Waals surface area contributed by atoms with Crippen molar-refractivity contribution in [2.24, 2.45) is 0 Å². The largest absolute Gasteiger partial charge is 0.411 e. The van der Waals surface area contributed by atoms with Crippen LogP contribution in [0.4, 0.5) is 0 Å². The van der Waals surface area contributed by atoms with Crippen LogP contribution in [-0.2, 0) is 4.43 Å². The second-order valence-electron chi connectivity index (χ2n) is 5.03. The Balaban J connectivity index is 4.81. The van der Waals surface area contributed by atoms with Gasteiger partial charge in [0.2, 0.25) is 0 Å². The molecule has 0 aliphatic rings. The van der Waals surface area contributed by atoms with E-state index >= 15 is 0 Å². The van der Waals surface area contributed by atoms with Gasteiger partial charge in [-0.1, -0.05) is 50.5 Å². The third-order valence-electron chi connectivity index (χ3n) is 4.42. The van der Waals surface area contributed by atoms with Gasteiger partial charge in [0.25, 0.3) is 0 Å². The van der Waals surface area contributed by atoms with Gasteiger partial charge in [-0.3, -0.25) is 0 Å². The molecular formula is C14H31BrOSi. The fraction of sp³-hybridized carbons (Fsp3) is 1.00. The monoisotopic (exact) mass is 322 g/mol. The predicted octanol–water partition coefficient (Wildman–Crippen LogP) is 5.74. The Labute approximate surface area is 118 Å². The zero-order valence-corrected chi connectivity index (χ0v) is 15.0. The molecular weight excluding hydrogens is 292 g/mol. The van der Waals surface area contributed by atoms with Gasteiger partial charge in [0.15, 0.2) is 8.32 Å². The quantitative estimate of drug-likeness (QED) is 0.368. The number of hydrogen-bond donors (Lipinski definition) is 0. The van der Waals surface area contributed by atoms with Crippen molar-refractivity contribution in [2.45, 2.75) is 84.0 Å². The van der Waals surface area contributed by atoms with Crippen molar-refractivity contribution in [3.05, 3.63) is 0 Å². The highest BCUT2D eigenvalue weighted by Gasteiger charge is 2.38. The van der Waals surface area contributed by atoms with E-state index in [0.717, 1.165) is 18.2 Å². The zero-order valence-electron chi connectivity index (χ0n) is 12.4. The molecule has 0 radical (unpaired) electrons. The Bertz CT molecular complexity index is 180. The maximum atomic E-state index is 6.79. The molecule has 0 aliphatic carbocycles. The molecule has 3 heteroatoms. The Morgan fingerprint density at radius 1 is 0.941 bits per heavy atom. The predicted molar refractivity (Wildman–Crippen MR) is 84.6 cm³/mol. The summed E-state index contributed by atoms with van der Waals surface area (Å²) < 4.78 is 6.79. The van der Waals surface area contributed by atoms with Crippen LogP contribution in [0.5, 0.6) is 0 Å². The summed E-state index contributed by atoms with van der Waals surface area (Å²) >= 11 is 3.55. The third kappa shape index (κ3) is 5.04. The lowest BCUT2D eigenvalue weighted by Crippen LogP contribution is -2.47. The maximum absolute atomic E-state index is 6.79. The van der Waals surface area contributed by atoms with Gasteiger partial charge in [-0.05, 0) is 43.8 Å². The van der Waals surface area contributed by atoms with Gasteiger partial charge in [0, 0.05) is 5.33 Å². The number of rotatable bonds is 10.